The van der Waals surface area contributed by atoms with Crippen LogP contribution in [0.3, 0.4) is 0 Å². The van der Waals surface area contributed by atoms with Crippen LogP contribution in [0.5, 0.6) is 0 Å². The number of aromatic nitrogens is 2. The van der Waals surface area contributed by atoms with E-state index in [2.05, 4.69) is 25.9 Å². The predicted octanol–water partition coefficient (Wildman–Crippen LogP) is 4.77. The molecule has 2 nitrogen and oxygen atoms in total. The summed E-state index contributed by atoms with van der Waals surface area (Å²) in [5, 5.41) is 5.37. The van der Waals surface area contributed by atoms with Crippen molar-refractivity contribution in [1.82, 2.24) is 9.97 Å². The minimum Gasteiger partial charge on any atom is -0.228 e. The van der Waals surface area contributed by atoms with E-state index in [1.165, 1.54) is 0 Å². The largest absolute Gasteiger partial charge is 0.228 e. The van der Waals surface area contributed by atoms with Gasteiger partial charge in [0.2, 0.25) is 0 Å². The van der Waals surface area contributed by atoms with E-state index < -0.39 is 0 Å². The summed E-state index contributed by atoms with van der Waals surface area (Å²) >= 11 is 11.2. The lowest BCUT2D eigenvalue weighted by Crippen LogP contribution is -1.90. The fourth-order valence-corrected chi connectivity index (χ4v) is 2.81. The molecule has 0 aliphatic carbocycles. The number of nitrogens with zero attached hydrogens (tertiary/aromatic N) is 2. The predicted molar refractivity (Wildman–Crippen MR) is 75.6 cm³/mol. The molecule has 0 fully saturated rings. The van der Waals surface area contributed by atoms with Crippen LogP contribution in [-0.2, 0) is 0 Å². The third kappa shape index (κ3) is 2.08. The van der Waals surface area contributed by atoms with Gasteiger partial charge in [0, 0.05) is 20.8 Å². The van der Waals surface area contributed by atoms with Crippen molar-refractivity contribution >= 4 is 49.8 Å². The second kappa shape index (κ2) is 4.37. The molecule has 0 aliphatic rings. The molecule has 0 aliphatic heterocycles. The molecule has 0 atom stereocenters. The molecule has 2 aromatic heterocycles. The average Bonchev–Trinajstić information content (AvgIpc) is 2.81. The van der Waals surface area contributed by atoms with Gasteiger partial charge in [-0.15, -0.1) is 0 Å². The van der Waals surface area contributed by atoms with Gasteiger partial charge in [-0.1, -0.05) is 27.5 Å². The molecule has 17 heavy (non-hydrogen) atoms. The number of fused-ring (bicyclic) bond motifs is 1. The monoisotopic (exact) mass is 324 g/mol. The van der Waals surface area contributed by atoms with Crippen LogP contribution in [0.15, 0.2) is 39.5 Å². The molecule has 0 bridgehead atoms. The van der Waals surface area contributed by atoms with Gasteiger partial charge in [0.15, 0.2) is 5.82 Å². The fourth-order valence-electron chi connectivity index (χ4n) is 1.58. The summed E-state index contributed by atoms with van der Waals surface area (Å²) in [5.41, 5.74) is 1.85. The quantitative estimate of drug-likeness (QED) is 0.602. The summed E-state index contributed by atoms with van der Waals surface area (Å²) < 4.78 is 0.982. The molecule has 0 radical (unpaired) electrons. The van der Waals surface area contributed by atoms with Crippen LogP contribution in [0.25, 0.3) is 22.3 Å². The van der Waals surface area contributed by atoms with Crippen LogP contribution >= 0.6 is 38.9 Å². The Hall–Kier alpha value is -0.970. The highest BCUT2D eigenvalue weighted by Crippen LogP contribution is 2.27. The van der Waals surface area contributed by atoms with Crippen LogP contribution in [0.4, 0.5) is 0 Å². The van der Waals surface area contributed by atoms with Crippen LogP contribution in [0, 0.1) is 0 Å². The van der Waals surface area contributed by atoms with Gasteiger partial charge in [-0.05, 0) is 29.6 Å². The Kier molecular flexibility index (Phi) is 2.86. The van der Waals surface area contributed by atoms with E-state index in [0.717, 1.165) is 20.9 Å². The first-order valence-corrected chi connectivity index (χ1v) is 7.01. The second-order valence-corrected chi connectivity index (χ2v) is 5.57. The Balaban J connectivity index is 2.29. The molecule has 2 heterocycles. The molecule has 0 spiro atoms. The van der Waals surface area contributed by atoms with Crippen LogP contribution in [0.2, 0.25) is 5.15 Å². The van der Waals surface area contributed by atoms with E-state index in [-0.39, 0.29) is 0 Å². The van der Waals surface area contributed by atoms with Crippen molar-refractivity contribution in [3.63, 3.8) is 0 Å². The molecule has 0 N–H and O–H groups in total. The van der Waals surface area contributed by atoms with Gasteiger partial charge < -0.3 is 0 Å². The first-order valence-electron chi connectivity index (χ1n) is 4.89. The summed E-state index contributed by atoms with van der Waals surface area (Å²) in [6.45, 7) is 0. The maximum Gasteiger partial charge on any atom is 0.162 e. The molecule has 0 unspecified atom stereocenters. The van der Waals surface area contributed by atoms with Gasteiger partial charge in [0.1, 0.15) is 5.15 Å². The first kappa shape index (κ1) is 11.1. The lowest BCUT2D eigenvalue weighted by molar-refractivity contribution is 1.23. The molecule has 3 aromatic rings. The Bertz CT molecular complexity index is 682. The minimum atomic E-state index is 0.490. The molecule has 0 amide bonds. The SMILES string of the molecule is Clc1nc(-c2ccsc2)nc2cc(Br)ccc12. The summed E-state index contributed by atoms with van der Waals surface area (Å²) in [5.74, 6) is 0.668. The highest BCUT2D eigenvalue weighted by molar-refractivity contribution is 9.10. The molecule has 3 rings (SSSR count). The van der Waals surface area contributed by atoms with E-state index >= 15 is 0 Å². The number of thiophene rings is 1. The van der Waals surface area contributed by atoms with Gasteiger partial charge >= 0.3 is 0 Å². The van der Waals surface area contributed by atoms with Gasteiger partial charge in [0.25, 0.3) is 0 Å². The van der Waals surface area contributed by atoms with E-state index in [9.17, 15) is 0 Å². The minimum absolute atomic E-state index is 0.490. The molecule has 0 saturated heterocycles. The van der Waals surface area contributed by atoms with Crippen molar-refractivity contribution in [2.45, 2.75) is 0 Å². The lowest BCUT2D eigenvalue weighted by atomic mass is 10.2. The Morgan fingerprint density at radius 1 is 1.18 bits per heavy atom. The summed E-state index contributed by atoms with van der Waals surface area (Å²) in [6.07, 6.45) is 0. The number of halogens is 2. The Labute approximate surface area is 115 Å². The molecule has 1 aromatic carbocycles. The van der Waals surface area contributed by atoms with Crippen LogP contribution in [-0.4, -0.2) is 9.97 Å². The van der Waals surface area contributed by atoms with Gasteiger partial charge in [-0.25, -0.2) is 9.97 Å². The second-order valence-electron chi connectivity index (χ2n) is 3.51. The van der Waals surface area contributed by atoms with Crippen molar-refractivity contribution in [2.75, 3.05) is 0 Å². The van der Waals surface area contributed by atoms with Gasteiger partial charge in [-0.3, -0.25) is 0 Å². The van der Waals surface area contributed by atoms with Gasteiger partial charge in [0.05, 0.1) is 5.52 Å². The molecular weight excluding hydrogens is 320 g/mol. The smallest absolute Gasteiger partial charge is 0.162 e. The number of hydrogen-bond donors (Lipinski definition) is 0. The van der Waals surface area contributed by atoms with Crippen molar-refractivity contribution in [3.05, 3.63) is 44.7 Å². The summed E-state index contributed by atoms with van der Waals surface area (Å²) in [4.78, 5) is 8.84. The Morgan fingerprint density at radius 2 is 2.06 bits per heavy atom. The Morgan fingerprint density at radius 3 is 2.82 bits per heavy atom. The number of hydrogen-bond acceptors (Lipinski definition) is 3. The highest BCUT2D eigenvalue weighted by Gasteiger charge is 2.08. The fraction of sp³-hybridized carbons (Fsp3) is 0. The van der Waals surface area contributed by atoms with E-state index in [0.29, 0.717) is 11.0 Å². The average molecular weight is 326 g/mol. The molecule has 0 saturated carbocycles. The molecular formula is C12H6BrClN2S. The van der Waals surface area contributed by atoms with Crippen molar-refractivity contribution < 1.29 is 0 Å². The normalized spacial score (nSPS) is 10.9. The maximum absolute atomic E-state index is 6.17. The molecule has 84 valence electrons. The lowest BCUT2D eigenvalue weighted by Gasteiger charge is -2.03. The van der Waals surface area contributed by atoms with E-state index in [1.54, 1.807) is 11.3 Å². The van der Waals surface area contributed by atoms with Crippen LogP contribution in [0.1, 0.15) is 0 Å². The first-order chi connectivity index (χ1) is 8.24. The van der Waals surface area contributed by atoms with Crippen molar-refractivity contribution in [2.24, 2.45) is 0 Å². The van der Waals surface area contributed by atoms with Gasteiger partial charge in [-0.2, -0.15) is 11.3 Å². The van der Waals surface area contributed by atoms with Crippen LogP contribution < -0.4 is 0 Å². The maximum atomic E-state index is 6.17. The third-order valence-corrected chi connectivity index (χ3v) is 3.86. The van der Waals surface area contributed by atoms with E-state index in [4.69, 9.17) is 11.6 Å². The third-order valence-electron chi connectivity index (χ3n) is 2.39. The topological polar surface area (TPSA) is 25.8 Å². The van der Waals surface area contributed by atoms with Crippen molar-refractivity contribution in [1.29, 1.82) is 0 Å². The standard InChI is InChI=1S/C12H6BrClN2S/c13-8-1-2-9-10(5-8)15-12(16-11(9)14)7-3-4-17-6-7/h1-6H. The summed E-state index contributed by atoms with van der Waals surface area (Å²) in [6, 6.07) is 7.78. The molecule has 5 heteroatoms. The zero-order valence-electron chi connectivity index (χ0n) is 8.52. The zero-order valence-corrected chi connectivity index (χ0v) is 11.7. The number of benzene rings is 1. The van der Waals surface area contributed by atoms with E-state index in [1.807, 2.05) is 35.0 Å². The highest BCUT2D eigenvalue weighted by atomic mass is 79.9. The van der Waals surface area contributed by atoms with Crippen molar-refractivity contribution in [3.8, 4) is 11.4 Å². The summed E-state index contributed by atoms with van der Waals surface area (Å²) in [7, 11) is 0. The zero-order chi connectivity index (χ0) is 11.8. The number of rotatable bonds is 1.